The van der Waals surface area contributed by atoms with Crippen molar-refractivity contribution < 1.29 is 0 Å². The first-order valence-electron chi connectivity index (χ1n) is 8.43. The molecule has 0 bridgehead atoms. The van der Waals surface area contributed by atoms with Crippen LogP contribution in [0.4, 0.5) is 0 Å². The van der Waals surface area contributed by atoms with Gasteiger partial charge in [0.05, 0.1) is 0 Å². The van der Waals surface area contributed by atoms with Gasteiger partial charge >= 0.3 is 0 Å². The van der Waals surface area contributed by atoms with E-state index in [1.807, 2.05) is 0 Å². The standard InChI is InChI=1S/C16H30N4/c1-3-9-17-15(11-14-7-5-6-8-14)12-16-18-13-19-20(16)10-4-2/h13-15,17H,3-12H2,1-2H3. The van der Waals surface area contributed by atoms with Crippen LogP contribution in [0.3, 0.4) is 0 Å². The number of nitrogens with one attached hydrogen (secondary N) is 1. The van der Waals surface area contributed by atoms with E-state index in [9.17, 15) is 0 Å². The minimum atomic E-state index is 0.567. The Hall–Kier alpha value is -0.900. The molecule has 1 aliphatic carbocycles. The van der Waals surface area contributed by atoms with Crippen LogP contribution < -0.4 is 5.32 Å². The highest BCUT2D eigenvalue weighted by Crippen LogP contribution is 2.29. The van der Waals surface area contributed by atoms with Gasteiger partial charge in [-0.25, -0.2) is 4.98 Å². The number of rotatable bonds is 9. The number of aryl methyl sites for hydroxylation is 1. The van der Waals surface area contributed by atoms with Gasteiger partial charge in [-0.2, -0.15) is 5.10 Å². The quantitative estimate of drug-likeness (QED) is 0.754. The van der Waals surface area contributed by atoms with E-state index in [-0.39, 0.29) is 0 Å². The van der Waals surface area contributed by atoms with Gasteiger partial charge in [0, 0.05) is 19.0 Å². The van der Waals surface area contributed by atoms with Crippen LogP contribution in [0.25, 0.3) is 0 Å². The van der Waals surface area contributed by atoms with Gasteiger partial charge in [0.1, 0.15) is 12.2 Å². The second kappa shape index (κ2) is 8.40. The molecule has 1 saturated carbocycles. The van der Waals surface area contributed by atoms with Crippen LogP contribution in [0.5, 0.6) is 0 Å². The van der Waals surface area contributed by atoms with Crippen molar-refractivity contribution in [1.82, 2.24) is 20.1 Å². The molecule has 1 atom stereocenters. The molecule has 0 aliphatic heterocycles. The van der Waals surface area contributed by atoms with E-state index in [2.05, 4.69) is 33.9 Å². The number of hydrogen-bond acceptors (Lipinski definition) is 3. The molecule has 20 heavy (non-hydrogen) atoms. The molecule has 1 fully saturated rings. The Morgan fingerprint density at radius 3 is 2.80 bits per heavy atom. The highest BCUT2D eigenvalue weighted by molar-refractivity contribution is 4.91. The van der Waals surface area contributed by atoms with Crippen molar-refractivity contribution in [3.8, 4) is 0 Å². The lowest BCUT2D eigenvalue weighted by atomic mass is 9.96. The predicted molar refractivity (Wildman–Crippen MR) is 82.7 cm³/mol. The van der Waals surface area contributed by atoms with E-state index < -0.39 is 0 Å². The van der Waals surface area contributed by atoms with E-state index in [1.165, 1.54) is 38.5 Å². The average Bonchev–Trinajstić information content (AvgIpc) is 3.09. The third-order valence-corrected chi connectivity index (χ3v) is 4.34. The monoisotopic (exact) mass is 278 g/mol. The summed E-state index contributed by atoms with van der Waals surface area (Å²) in [5.74, 6) is 2.07. The Morgan fingerprint density at radius 1 is 1.30 bits per heavy atom. The molecule has 1 aromatic rings. The van der Waals surface area contributed by atoms with Crippen LogP contribution in [0.15, 0.2) is 6.33 Å². The first-order chi connectivity index (χ1) is 9.83. The predicted octanol–water partition coefficient (Wildman–Crippen LogP) is 3.18. The Kier molecular flexibility index (Phi) is 6.51. The zero-order chi connectivity index (χ0) is 14.2. The maximum atomic E-state index is 4.47. The average molecular weight is 278 g/mol. The zero-order valence-electron chi connectivity index (χ0n) is 13.1. The van der Waals surface area contributed by atoms with E-state index in [0.29, 0.717) is 6.04 Å². The lowest BCUT2D eigenvalue weighted by molar-refractivity contribution is 0.375. The van der Waals surface area contributed by atoms with Gasteiger partial charge in [-0.05, 0) is 31.7 Å². The first-order valence-corrected chi connectivity index (χ1v) is 8.43. The van der Waals surface area contributed by atoms with Gasteiger partial charge < -0.3 is 5.32 Å². The number of aromatic nitrogens is 3. The summed E-state index contributed by atoms with van der Waals surface area (Å²) >= 11 is 0. The van der Waals surface area contributed by atoms with Gasteiger partial charge in [-0.1, -0.05) is 39.5 Å². The largest absolute Gasteiger partial charge is 0.314 e. The SMILES string of the molecule is CCCNC(Cc1ncnn1CCC)CC1CCCC1. The van der Waals surface area contributed by atoms with Crippen molar-refractivity contribution in [3.63, 3.8) is 0 Å². The summed E-state index contributed by atoms with van der Waals surface area (Å²) in [6.45, 7) is 6.52. The molecule has 1 aliphatic rings. The van der Waals surface area contributed by atoms with Gasteiger partial charge in [-0.3, -0.25) is 4.68 Å². The topological polar surface area (TPSA) is 42.7 Å². The summed E-state index contributed by atoms with van der Waals surface area (Å²) in [4.78, 5) is 4.47. The van der Waals surface area contributed by atoms with Crippen molar-refractivity contribution in [2.24, 2.45) is 5.92 Å². The van der Waals surface area contributed by atoms with Crippen LogP contribution in [0.1, 0.15) is 64.6 Å². The Morgan fingerprint density at radius 2 is 2.10 bits per heavy atom. The van der Waals surface area contributed by atoms with Gasteiger partial charge in [0.2, 0.25) is 0 Å². The van der Waals surface area contributed by atoms with Crippen molar-refractivity contribution >= 4 is 0 Å². The van der Waals surface area contributed by atoms with E-state index >= 15 is 0 Å². The summed E-state index contributed by atoms with van der Waals surface area (Å²) in [6, 6.07) is 0.567. The van der Waals surface area contributed by atoms with Crippen molar-refractivity contribution in [2.75, 3.05) is 6.54 Å². The summed E-state index contributed by atoms with van der Waals surface area (Å²) in [5, 5.41) is 8.07. The van der Waals surface area contributed by atoms with E-state index in [0.717, 1.165) is 37.7 Å². The van der Waals surface area contributed by atoms with Crippen LogP contribution in [0.2, 0.25) is 0 Å². The molecule has 1 aromatic heterocycles. The molecule has 4 heteroatoms. The fourth-order valence-corrected chi connectivity index (χ4v) is 3.30. The lowest BCUT2D eigenvalue weighted by Crippen LogP contribution is -2.34. The maximum absolute atomic E-state index is 4.47. The summed E-state index contributed by atoms with van der Waals surface area (Å²) in [6.07, 6.45) is 12.0. The normalized spacial score (nSPS) is 17.7. The van der Waals surface area contributed by atoms with E-state index in [4.69, 9.17) is 0 Å². The molecule has 0 aromatic carbocycles. The fourth-order valence-electron chi connectivity index (χ4n) is 3.30. The second-order valence-electron chi connectivity index (χ2n) is 6.14. The molecule has 0 radical (unpaired) electrons. The van der Waals surface area contributed by atoms with Crippen LogP contribution >= 0.6 is 0 Å². The molecule has 0 spiro atoms. The molecule has 4 nitrogen and oxygen atoms in total. The van der Waals surface area contributed by atoms with Crippen LogP contribution in [0, 0.1) is 5.92 Å². The van der Waals surface area contributed by atoms with Crippen LogP contribution in [-0.2, 0) is 13.0 Å². The maximum Gasteiger partial charge on any atom is 0.138 e. The first kappa shape index (κ1) is 15.5. The lowest BCUT2D eigenvalue weighted by Gasteiger charge is -2.21. The Bertz CT molecular complexity index is 368. The summed E-state index contributed by atoms with van der Waals surface area (Å²) in [7, 11) is 0. The third-order valence-electron chi connectivity index (χ3n) is 4.34. The molecule has 2 rings (SSSR count). The summed E-state index contributed by atoms with van der Waals surface area (Å²) < 4.78 is 2.08. The minimum Gasteiger partial charge on any atom is -0.314 e. The molecule has 0 saturated heterocycles. The molecule has 1 heterocycles. The minimum absolute atomic E-state index is 0.567. The summed E-state index contributed by atoms with van der Waals surface area (Å²) in [5.41, 5.74) is 0. The Balaban J connectivity index is 1.92. The third kappa shape index (κ3) is 4.58. The van der Waals surface area contributed by atoms with Gasteiger partial charge in [-0.15, -0.1) is 0 Å². The fraction of sp³-hybridized carbons (Fsp3) is 0.875. The molecule has 0 amide bonds. The number of nitrogens with zero attached hydrogens (tertiary/aromatic N) is 3. The Labute approximate surface area is 123 Å². The van der Waals surface area contributed by atoms with E-state index in [1.54, 1.807) is 6.33 Å². The van der Waals surface area contributed by atoms with Crippen molar-refractivity contribution in [2.45, 2.75) is 77.8 Å². The highest BCUT2D eigenvalue weighted by atomic mass is 15.3. The number of hydrogen-bond donors (Lipinski definition) is 1. The zero-order valence-corrected chi connectivity index (χ0v) is 13.1. The van der Waals surface area contributed by atoms with Gasteiger partial charge in [0.25, 0.3) is 0 Å². The van der Waals surface area contributed by atoms with Crippen molar-refractivity contribution in [1.29, 1.82) is 0 Å². The highest BCUT2D eigenvalue weighted by Gasteiger charge is 2.21. The van der Waals surface area contributed by atoms with Crippen molar-refractivity contribution in [3.05, 3.63) is 12.2 Å². The molecule has 1 N–H and O–H groups in total. The van der Waals surface area contributed by atoms with Crippen LogP contribution in [-0.4, -0.2) is 27.4 Å². The van der Waals surface area contributed by atoms with Gasteiger partial charge in [0.15, 0.2) is 0 Å². The molecule has 114 valence electrons. The smallest absolute Gasteiger partial charge is 0.138 e. The molecular formula is C16H30N4. The second-order valence-corrected chi connectivity index (χ2v) is 6.14. The molecule has 1 unspecified atom stereocenters. The molecular weight excluding hydrogens is 248 g/mol.